The summed E-state index contributed by atoms with van der Waals surface area (Å²) in [4.78, 5) is 0. The van der Waals surface area contributed by atoms with Crippen molar-refractivity contribution in [2.75, 3.05) is 13.2 Å². The van der Waals surface area contributed by atoms with E-state index in [9.17, 15) is 5.11 Å². The Morgan fingerprint density at radius 3 is 2.50 bits per heavy atom. The van der Waals surface area contributed by atoms with E-state index in [4.69, 9.17) is 9.47 Å². The molecule has 5 aliphatic rings. The number of ether oxygens (including phenoxy) is 2. The highest BCUT2D eigenvalue weighted by atomic mass is 16.7. The first kappa shape index (κ1) is 19.8. The number of hydrogen-bond donors (Lipinski definition) is 1. The molecule has 0 radical (unpaired) electrons. The molecule has 9 atom stereocenters. The average molecular weight is 391 g/mol. The van der Waals surface area contributed by atoms with E-state index in [1.165, 1.54) is 70.6 Å². The van der Waals surface area contributed by atoms with Gasteiger partial charge in [0, 0.05) is 13.2 Å². The van der Waals surface area contributed by atoms with Crippen molar-refractivity contribution < 1.29 is 14.6 Å². The Balaban J connectivity index is 1.27. The molecule has 3 heteroatoms. The zero-order valence-electron chi connectivity index (χ0n) is 18.2. The van der Waals surface area contributed by atoms with Crippen molar-refractivity contribution in [2.24, 2.45) is 40.4 Å². The van der Waals surface area contributed by atoms with Gasteiger partial charge in [-0.15, -0.1) is 0 Å². The summed E-state index contributed by atoms with van der Waals surface area (Å²) in [6.45, 7) is 6.46. The Morgan fingerprint density at radius 2 is 1.71 bits per heavy atom. The summed E-state index contributed by atoms with van der Waals surface area (Å²) >= 11 is 0. The van der Waals surface area contributed by atoms with Crippen LogP contribution in [0.4, 0.5) is 0 Å². The fraction of sp³-hybridized carbons (Fsp3) is 1.00. The van der Waals surface area contributed by atoms with Crippen molar-refractivity contribution in [3.8, 4) is 0 Å². The maximum absolute atomic E-state index is 9.94. The lowest BCUT2D eigenvalue weighted by atomic mass is 9.44. The first-order valence-corrected chi connectivity index (χ1v) is 12.4. The molecule has 4 saturated carbocycles. The van der Waals surface area contributed by atoms with Gasteiger partial charge in [0.1, 0.15) is 0 Å². The molecule has 0 unspecified atom stereocenters. The molecule has 4 aliphatic carbocycles. The van der Waals surface area contributed by atoms with Crippen LogP contribution in [0.15, 0.2) is 0 Å². The third-order valence-corrected chi connectivity index (χ3v) is 10.5. The zero-order valence-corrected chi connectivity index (χ0v) is 18.2. The molecular formula is C25H42O3. The van der Waals surface area contributed by atoms with Crippen LogP contribution < -0.4 is 0 Å². The topological polar surface area (TPSA) is 38.7 Å². The average Bonchev–Trinajstić information content (AvgIpc) is 3.05. The predicted molar refractivity (Wildman–Crippen MR) is 111 cm³/mol. The van der Waals surface area contributed by atoms with E-state index in [1.54, 1.807) is 0 Å². The highest BCUT2D eigenvalue weighted by molar-refractivity contribution is 5.09. The molecule has 0 aromatic heterocycles. The van der Waals surface area contributed by atoms with E-state index >= 15 is 0 Å². The van der Waals surface area contributed by atoms with Gasteiger partial charge in [-0.2, -0.15) is 0 Å². The molecule has 1 heterocycles. The summed E-state index contributed by atoms with van der Waals surface area (Å²) in [5.41, 5.74) is 0.937. The molecule has 0 amide bonds. The van der Waals surface area contributed by atoms with Gasteiger partial charge in [0.2, 0.25) is 0 Å². The molecule has 5 rings (SSSR count). The Labute approximate surface area is 171 Å². The number of aliphatic hydroxyl groups is 1. The Morgan fingerprint density at radius 1 is 0.893 bits per heavy atom. The minimum atomic E-state index is 0.0729. The van der Waals surface area contributed by atoms with Crippen molar-refractivity contribution in [1.82, 2.24) is 0 Å². The lowest BCUT2D eigenvalue weighted by molar-refractivity contribution is -0.212. The number of aliphatic hydroxyl groups excluding tert-OH is 1. The summed E-state index contributed by atoms with van der Waals surface area (Å²) < 4.78 is 12.3. The number of fused-ring (bicyclic) bond motifs is 5. The van der Waals surface area contributed by atoms with Gasteiger partial charge in [0.05, 0.1) is 6.10 Å². The largest absolute Gasteiger partial charge is 0.396 e. The molecule has 0 bridgehead atoms. The van der Waals surface area contributed by atoms with Gasteiger partial charge in [-0.05, 0) is 117 Å². The predicted octanol–water partition coefficient (Wildman–Crippen LogP) is 5.55. The third kappa shape index (κ3) is 3.10. The maximum atomic E-state index is 9.94. The second-order valence-electron chi connectivity index (χ2n) is 11.5. The molecule has 0 aromatic carbocycles. The first-order valence-electron chi connectivity index (χ1n) is 12.4. The van der Waals surface area contributed by atoms with Crippen molar-refractivity contribution in [1.29, 1.82) is 0 Å². The SMILES string of the molecule is C[C@]12CC[C@H](O[C@@H]3CCCCO3)C[C@@H]1CC[C@H]1[C@H]2CC[C@]2(C)[C@@H](CO)CC[C@@H]12. The fourth-order valence-electron chi connectivity index (χ4n) is 8.78. The van der Waals surface area contributed by atoms with Gasteiger partial charge >= 0.3 is 0 Å². The molecule has 3 nitrogen and oxygen atoms in total. The molecular weight excluding hydrogens is 348 g/mol. The monoisotopic (exact) mass is 390 g/mol. The molecule has 1 aliphatic heterocycles. The van der Waals surface area contributed by atoms with Gasteiger partial charge in [-0.3, -0.25) is 0 Å². The van der Waals surface area contributed by atoms with Gasteiger partial charge in [-0.25, -0.2) is 0 Å². The van der Waals surface area contributed by atoms with Crippen molar-refractivity contribution in [2.45, 2.75) is 103 Å². The summed E-state index contributed by atoms with van der Waals surface area (Å²) in [5.74, 6) is 4.09. The van der Waals surface area contributed by atoms with Gasteiger partial charge < -0.3 is 14.6 Å². The second-order valence-corrected chi connectivity index (χ2v) is 11.5. The normalized spacial score (nSPS) is 53.9. The van der Waals surface area contributed by atoms with E-state index in [1.807, 2.05) is 0 Å². The molecule has 1 saturated heterocycles. The van der Waals surface area contributed by atoms with Crippen molar-refractivity contribution in [3.63, 3.8) is 0 Å². The standard InChI is InChI=1S/C25H42O3/c1-24-12-10-19(28-23-5-3-4-14-27-23)15-17(24)6-8-20-21-9-7-18(16-26)25(21,2)13-11-22(20)24/h17-23,26H,3-16H2,1-2H3/t17-,18+,19-,20+,21-,22+,23+,24-,25+/m0/s1. The van der Waals surface area contributed by atoms with E-state index in [2.05, 4.69) is 13.8 Å². The number of hydrogen-bond acceptors (Lipinski definition) is 3. The van der Waals surface area contributed by atoms with E-state index in [-0.39, 0.29) is 6.29 Å². The smallest absolute Gasteiger partial charge is 0.157 e. The minimum absolute atomic E-state index is 0.0729. The third-order valence-electron chi connectivity index (χ3n) is 10.5. The van der Waals surface area contributed by atoms with Crippen LogP contribution in [0.1, 0.15) is 90.9 Å². The Kier molecular flexibility index (Phi) is 5.33. The van der Waals surface area contributed by atoms with Crippen LogP contribution in [-0.2, 0) is 9.47 Å². The molecule has 160 valence electrons. The maximum Gasteiger partial charge on any atom is 0.157 e. The highest BCUT2D eigenvalue weighted by Gasteiger charge is 2.60. The summed E-state index contributed by atoms with van der Waals surface area (Å²) in [6, 6.07) is 0. The van der Waals surface area contributed by atoms with Crippen LogP contribution in [-0.4, -0.2) is 30.7 Å². The van der Waals surface area contributed by atoms with Crippen molar-refractivity contribution >= 4 is 0 Å². The summed E-state index contributed by atoms with van der Waals surface area (Å²) in [7, 11) is 0. The fourth-order valence-corrected chi connectivity index (χ4v) is 8.78. The van der Waals surface area contributed by atoms with Crippen LogP contribution in [0.3, 0.4) is 0 Å². The second kappa shape index (κ2) is 7.54. The summed E-state index contributed by atoms with van der Waals surface area (Å²) in [5, 5.41) is 9.94. The first-order chi connectivity index (χ1) is 13.5. The molecule has 28 heavy (non-hydrogen) atoms. The lowest BCUT2D eigenvalue weighted by Gasteiger charge is -2.61. The van der Waals surface area contributed by atoms with Gasteiger partial charge in [-0.1, -0.05) is 13.8 Å². The minimum Gasteiger partial charge on any atom is -0.396 e. The van der Waals surface area contributed by atoms with Gasteiger partial charge in [0.15, 0.2) is 6.29 Å². The van der Waals surface area contributed by atoms with Crippen LogP contribution in [0.2, 0.25) is 0 Å². The molecule has 5 fully saturated rings. The Bertz CT molecular complexity index is 558. The van der Waals surface area contributed by atoms with E-state index in [0.717, 1.165) is 36.7 Å². The van der Waals surface area contributed by atoms with Crippen LogP contribution in [0, 0.1) is 40.4 Å². The summed E-state index contributed by atoms with van der Waals surface area (Å²) in [6.07, 6.45) is 16.1. The van der Waals surface area contributed by atoms with Crippen LogP contribution in [0.25, 0.3) is 0 Å². The Hall–Kier alpha value is -0.120. The van der Waals surface area contributed by atoms with E-state index in [0.29, 0.717) is 29.5 Å². The van der Waals surface area contributed by atoms with Crippen molar-refractivity contribution in [3.05, 3.63) is 0 Å². The van der Waals surface area contributed by atoms with Gasteiger partial charge in [0.25, 0.3) is 0 Å². The van der Waals surface area contributed by atoms with E-state index < -0.39 is 0 Å². The molecule has 0 aromatic rings. The molecule has 0 spiro atoms. The highest BCUT2D eigenvalue weighted by Crippen LogP contribution is 2.67. The van der Waals surface area contributed by atoms with Crippen LogP contribution in [0.5, 0.6) is 0 Å². The van der Waals surface area contributed by atoms with Crippen LogP contribution >= 0.6 is 0 Å². The quantitative estimate of drug-likeness (QED) is 0.642. The lowest BCUT2D eigenvalue weighted by Crippen LogP contribution is -2.54. The number of rotatable bonds is 3. The zero-order chi connectivity index (χ0) is 19.4. The molecule has 1 N–H and O–H groups in total.